The minimum Gasteiger partial charge on any atom is -0.345 e. The number of amides is 1. The summed E-state index contributed by atoms with van der Waals surface area (Å²) in [5, 5.41) is 11.3. The molecule has 4 rings (SSSR count). The molecule has 0 saturated carbocycles. The molecule has 0 aliphatic heterocycles. The first-order valence-corrected chi connectivity index (χ1v) is 9.87. The molecule has 0 atom stereocenters. The number of hydrogen-bond donors (Lipinski definition) is 1. The predicted octanol–water partition coefficient (Wildman–Crippen LogP) is 4.27. The second kappa shape index (κ2) is 8.15. The molecule has 0 radical (unpaired) electrons. The summed E-state index contributed by atoms with van der Waals surface area (Å²) in [6.07, 6.45) is 1.67. The molecule has 1 aromatic carbocycles. The van der Waals surface area contributed by atoms with E-state index in [2.05, 4.69) is 20.4 Å². The lowest BCUT2D eigenvalue weighted by Gasteiger charge is -2.07. The fourth-order valence-corrected chi connectivity index (χ4v) is 3.86. The molecule has 3 heterocycles. The van der Waals surface area contributed by atoms with Crippen LogP contribution in [0.25, 0.3) is 11.5 Å². The highest BCUT2D eigenvalue weighted by atomic mass is 32.2. The lowest BCUT2D eigenvalue weighted by atomic mass is 10.2. The van der Waals surface area contributed by atoms with Crippen LogP contribution in [0.2, 0.25) is 0 Å². The topological polar surface area (TPSA) is 80.9 Å². The van der Waals surface area contributed by atoms with Crippen LogP contribution in [0.15, 0.2) is 79.9 Å². The van der Waals surface area contributed by atoms with E-state index in [1.165, 1.54) is 11.8 Å². The molecule has 27 heavy (non-hydrogen) atoms. The quantitative estimate of drug-likeness (QED) is 0.526. The molecule has 0 unspecified atom stereocenters. The fourth-order valence-electron chi connectivity index (χ4n) is 2.33. The van der Waals surface area contributed by atoms with Crippen molar-refractivity contribution in [1.29, 1.82) is 0 Å². The van der Waals surface area contributed by atoms with E-state index in [1.807, 2.05) is 47.2 Å². The molecule has 134 valence electrons. The monoisotopic (exact) mass is 394 g/mol. The summed E-state index contributed by atoms with van der Waals surface area (Å²) in [4.78, 5) is 22.3. The van der Waals surface area contributed by atoms with Gasteiger partial charge < -0.3 is 9.84 Å². The van der Waals surface area contributed by atoms with Crippen molar-refractivity contribution in [2.24, 2.45) is 0 Å². The Bertz CT molecular complexity index is 1030. The van der Waals surface area contributed by atoms with Crippen LogP contribution in [0, 0.1) is 0 Å². The van der Waals surface area contributed by atoms with Crippen LogP contribution in [-0.4, -0.2) is 21.0 Å². The van der Waals surface area contributed by atoms with Gasteiger partial charge in [-0.05, 0) is 35.7 Å². The van der Waals surface area contributed by atoms with Crippen molar-refractivity contribution in [3.05, 3.63) is 76.9 Å². The fraction of sp³-hybridized carbons (Fsp3) is 0.0526. The van der Waals surface area contributed by atoms with Crippen LogP contribution in [0.1, 0.15) is 16.2 Å². The molecule has 3 aromatic heterocycles. The summed E-state index contributed by atoms with van der Waals surface area (Å²) >= 11 is 3.00. The normalized spacial score (nSPS) is 10.7. The summed E-state index contributed by atoms with van der Waals surface area (Å²) in [6.45, 7) is 0.177. The molecule has 0 aliphatic carbocycles. The van der Waals surface area contributed by atoms with Gasteiger partial charge in [0.05, 0.1) is 17.7 Å². The van der Waals surface area contributed by atoms with Gasteiger partial charge in [0.2, 0.25) is 0 Å². The van der Waals surface area contributed by atoms with Crippen LogP contribution in [0.3, 0.4) is 0 Å². The van der Waals surface area contributed by atoms with Gasteiger partial charge in [-0.25, -0.2) is 4.98 Å². The van der Waals surface area contributed by atoms with Crippen molar-refractivity contribution in [2.45, 2.75) is 16.5 Å². The van der Waals surface area contributed by atoms with Gasteiger partial charge in [-0.15, -0.1) is 0 Å². The summed E-state index contributed by atoms with van der Waals surface area (Å²) < 4.78 is 5.23. The van der Waals surface area contributed by atoms with Gasteiger partial charge in [0.25, 0.3) is 11.8 Å². The highest BCUT2D eigenvalue weighted by Crippen LogP contribution is 2.28. The number of nitrogens with one attached hydrogen (secondary N) is 1. The Labute approximate surface area is 163 Å². The first-order chi connectivity index (χ1) is 13.3. The predicted molar refractivity (Wildman–Crippen MR) is 104 cm³/mol. The van der Waals surface area contributed by atoms with E-state index in [0.717, 1.165) is 10.5 Å². The summed E-state index contributed by atoms with van der Waals surface area (Å²) in [7, 11) is 0. The SMILES string of the molecule is O=C(NCc1noc(-c2ccsc2)n1)c1cccnc1Sc1ccccc1. The number of rotatable bonds is 6. The maximum Gasteiger partial charge on any atom is 0.258 e. The molecule has 6 nitrogen and oxygen atoms in total. The minimum atomic E-state index is -0.233. The van der Waals surface area contributed by atoms with Crippen molar-refractivity contribution < 1.29 is 9.32 Å². The Morgan fingerprint density at radius 3 is 2.85 bits per heavy atom. The number of hydrogen-bond acceptors (Lipinski definition) is 7. The lowest BCUT2D eigenvalue weighted by Crippen LogP contribution is -2.24. The van der Waals surface area contributed by atoms with E-state index in [-0.39, 0.29) is 12.5 Å². The molecule has 0 bridgehead atoms. The lowest BCUT2D eigenvalue weighted by molar-refractivity contribution is 0.0946. The zero-order valence-electron chi connectivity index (χ0n) is 14.0. The van der Waals surface area contributed by atoms with Crippen molar-refractivity contribution >= 4 is 29.0 Å². The van der Waals surface area contributed by atoms with Crippen LogP contribution < -0.4 is 5.32 Å². The average Bonchev–Trinajstić information content (AvgIpc) is 3.39. The molecule has 8 heteroatoms. The maximum atomic E-state index is 12.6. The van der Waals surface area contributed by atoms with Crippen molar-refractivity contribution in [3.8, 4) is 11.5 Å². The first kappa shape index (κ1) is 17.4. The van der Waals surface area contributed by atoms with E-state index < -0.39 is 0 Å². The molecule has 1 amide bonds. The third kappa shape index (κ3) is 4.24. The third-order valence-electron chi connectivity index (χ3n) is 3.62. The van der Waals surface area contributed by atoms with Gasteiger partial charge in [-0.2, -0.15) is 16.3 Å². The second-order valence-corrected chi connectivity index (χ2v) is 7.32. The number of aromatic nitrogens is 3. The first-order valence-electron chi connectivity index (χ1n) is 8.11. The van der Waals surface area contributed by atoms with E-state index in [0.29, 0.717) is 22.3 Å². The van der Waals surface area contributed by atoms with E-state index in [9.17, 15) is 4.79 Å². The number of carbonyl (C=O) groups excluding carboxylic acids is 1. The van der Waals surface area contributed by atoms with Gasteiger partial charge in [0, 0.05) is 16.5 Å². The molecular weight excluding hydrogens is 380 g/mol. The molecule has 0 aliphatic rings. The van der Waals surface area contributed by atoms with Gasteiger partial charge in [0.1, 0.15) is 5.03 Å². The van der Waals surface area contributed by atoms with Crippen molar-refractivity contribution in [1.82, 2.24) is 20.4 Å². The number of thiophene rings is 1. The summed E-state index contributed by atoms with van der Waals surface area (Å²) in [5.41, 5.74) is 1.38. The standard InChI is InChI=1S/C19H14N4O2S2/c24-17(21-11-16-22-18(25-23-16)13-8-10-26-12-13)15-7-4-9-20-19(15)27-14-5-2-1-3-6-14/h1-10,12H,11H2,(H,21,24). The van der Waals surface area contributed by atoms with E-state index in [4.69, 9.17) is 4.52 Å². The van der Waals surface area contributed by atoms with Crippen LogP contribution >= 0.6 is 23.1 Å². The Hall–Kier alpha value is -2.97. The molecule has 0 fully saturated rings. The Morgan fingerprint density at radius 2 is 2.04 bits per heavy atom. The van der Waals surface area contributed by atoms with Crippen LogP contribution in [0.4, 0.5) is 0 Å². The third-order valence-corrected chi connectivity index (χ3v) is 5.33. The molecule has 1 N–H and O–H groups in total. The second-order valence-electron chi connectivity index (χ2n) is 5.48. The largest absolute Gasteiger partial charge is 0.345 e. The maximum absolute atomic E-state index is 12.6. The highest BCUT2D eigenvalue weighted by Gasteiger charge is 2.15. The van der Waals surface area contributed by atoms with Crippen molar-refractivity contribution in [2.75, 3.05) is 0 Å². The molecule has 4 aromatic rings. The number of benzene rings is 1. The number of nitrogens with zero attached hydrogens (tertiary/aromatic N) is 3. The Balaban J connectivity index is 1.44. The summed E-state index contributed by atoms with van der Waals surface area (Å²) in [5.74, 6) is 0.635. The van der Waals surface area contributed by atoms with Gasteiger partial charge >= 0.3 is 0 Å². The Kier molecular flexibility index (Phi) is 5.27. The van der Waals surface area contributed by atoms with Crippen LogP contribution in [0.5, 0.6) is 0 Å². The highest BCUT2D eigenvalue weighted by molar-refractivity contribution is 7.99. The zero-order valence-corrected chi connectivity index (χ0v) is 15.7. The van der Waals surface area contributed by atoms with E-state index >= 15 is 0 Å². The van der Waals surface area contributed by atoms with Crippen molar-refractivity contribution in [3.63, 3.8) is 0 Å². The number of pyridine rings is 1. The summed E-state index contributed by atoms with van der Waals surface area (Å²) in [6, 6.07) is 15.2. The van der Waals surface area contributed by atoms with E-state index in [1.54, 1.807) is 29.7 Å². The molecular formula is C19H14N4O2S2. The average molecular weight is 394 g/mol. The minimum absolute atomic E-state index is 0.177. The van der Waals surface area contributed by atoms with Gasteiger partial charge in [-0.3, -0.25) is 4.79 Å². The number of carbonyl (C=O) groups is 1. The van der Waals surface area contributed by atoms with Gasteiger partial charge in [-0.1, -0.05) is 35.1 Å². The molecule has 0 saturated heterocycles. The Morgan fingerprint density at radius 1 is 1.15 bits per heavy atom. The smallest absolute Gasteiger partial charge is 0.258 e. The molecule has 0 spiro atoms. The zero-order chi connectivity index (χ0) is 18.5. The van der Waals surface area contributed by atoms with Gasteiger partial charge in [0.15, 0.2) is 5.82 Å². The van der Waals surface area contributed by atoms with Crippen LogP contribution in [-0.2, 0) is 6.54 Å².